The number of hydrogen-bond donors (Lipinski definition) is 1. The van der Waals surface area contributed by atoms with Crippen molar-refractivity contribution >= 4 is 17.7 Å². The molecule has 0 aliphatic carbocycles. The van der Waals surface area contributed by atoms with E-state index in [1.807, 2.05) is 6.92 Å². The zero-order chi connectivity index (χ0) is 6.15. The molecular formula is C5H8O2S. The minimum atomic E-state index is -0.659. The SMILES string of the molecule is CC1CC(C(=O)O)S1. The van der Waals surface area contributed by atoms with Crippen molar-refractivity contribution in [3.8, 4) is 0 Å². The second kappa shape index (κ2) is 1.97. The molecule has 3 heteroatoms. The van der Waals surface area contributed by atoms with Gasteiger partial charge in [0, 0.05) is 5.25 Å². The molecule has 0 amide bonds. The van der Waals surface area contributed by atoms with E-state index >= 15 is 0 Å². The van der Waals surface area contributed by atoms with Crippen LogP contribution in [0.1, 0.15) is 13.3 Å². The Hall–Kier alpha value is -0.180. The van der Waals surface area contributed by atoms with Crippen LogP contribution in [0.3, 0.4) is 0 Å². The lowest BCUT2D eigenvalue weighted by molar-refractivity contribution is -0.136. The average Bonchev–Trinajstić information content (AvgIpc) is 1.57. The minimum Gasteiger partial charge on any atom is -0.480 e. The van der Waals surface area contributed by atoms with Gasteiger partial charge in [-0.2, -0.15) is 0 Å². The highest BCUT2D eigenvalue weighted by molar-refractivity contribution is 8.02. The first kappa shape index (κ1) is 5.95. The number of carboxylic acid groups (broad SMARTS) is 1. The number of thioether (sulfide) groups is 1. The maximum Gasteiger partial charge on any atom is 0.316 e. The molecule has 0 aromatic heterocycles. The molecule has 46 valence electrons. The molecule has 0 bridgehead atoms. The third-order valence-electron chi connectivity index (χ3n) is 1.22. The van der Waals surface area contributed by atoms with Crippen LogP contribution in [0.2, 0.25) is 0 Å². The molecule has 8 heavy (non-hydrogen) atoms. The molecule has 1 aliphatic heterocycles. The number of hydrogen-bond acceptors (Lipinski definition) is 2. The second-order valence-electron chi connectivity index (χ2n) is 2.01. The molecular weight excluding hydrogens is 124 g/mol. The molecule has 1 heterocycles. The van der Waals surface area contributed by atoms with Gasteiger partial charge in [-0.15, -0.1) is 11.8 Å². The summed E-state index contributed by atoms with van der Waals surface area (Å²) in [5.74, 6) is -0.659. The lowest BCUT2D eigenvalue weighted by Gasteiger charge is -2.27. The monoisotopic (exact) mass is 132 g/mol. The maximum absolute atomic E-state index is 10.1. The first-order valence-electron chi connectivity index (χ1n) is 2.58. The quantitative estimate of drug-likeness (QED) is 0.577. The standard InChI is InChI=1S/C5H8O2S/c1-3-2-4(8-3)5(6)7/h3-4H,2H2,1H3,(H,6,7). The van der Waals surface area contributed by atoms with E-state index in [1.54, 1.807) is 0 Å². The summed E-state index contributed by atoms with van der Waals surface area (Å²) in [4.78, 5) is 10.1. The topological polar surface area (TPSA) is 37.3 Å². The summed E-state index contributed by atoms with van der Waals surface area (Å²) in [6.45, 7) is 2.05. The summed E-state index contributed by atoms with van der Waals surface area (Å²) in [5, 5.41) is 8.79. The first-order chi connectivity index (χ1) is 3.70. The van der Waals surface area contributed by atoms with E-state index in [0.717, 1.165) is 6.42 Å². The van der Waals surface area contributed by atoms with Gasteiger partial charge in [-0.25, -0.2) is 0 Å². The highest BCUT2D eigenvalue weighted by Gasteiger charge is 2.31. The molecule has 2 unspecified atom stereocenters. The molecule has 1 saturated heterocycles. The maximum atomic E-state index is 10.1. The highest BCUT2D eigenvalue weighted by Crippen LogP contribution is 2.35. The van der Waals surface area contributed by atoms with Crippen molar-refractivity contribution in [2.75, 3.05) is 0 Å². The number of carboxylic acids is 1. The fraction of sp³-hybridized carbons (Fsp3) is 0.800. The summed E-state index contributed by atoms with van der Waals surface area (Å²) in [7, 11) is 0. The summed E-state index contributed by atoms with van der Waals surface area (Å²) in [6.07, 6.45) is 0.847. The second-order valence-corrected chi connectivity index (χ2v) is 3.66. The normalized spacial score (nSPS) is 36.1. The van der Waals surface area contributed by atoms with Gasteiger partial charge in [0.2, 0.25) is 0 Å². The van der Waals surface area contributed by atoms with Gasteiger partial charge < -0.3 is 5.11 Å². The van der Waals surface area contributed by atoms with E-state index in [9.17, 15) is 4.79 Å². The molecule has 0 aromatic rings. The summed E-state index contributed by atoms with van der Waals surface area (Å²) in [5.41, 5.74) is 0. The predicted octanol–water partition coefficient (Wildman–Crippen LogP) is 0.965. The Bertz CT molecular complexity index is 107. The van der Waals surface area contributed by atoms with Gasteiger partial charge in [0.15, 0.2) is 0 Å². The summed E-state index contributed by atoms with van der Waals surface area (Å²) >= 11 is 1.54. The highest BCUT2D eigenvalue weighted by atomic mass is 32.2. The molecule has 2 nitrogen and oxygen atoms in total. The fourth-order valence-electron chi connectivity index (χ4n) is 0.730. The van der Waals surface area contributed by atoms with Crippen molar-refractivity contribution in [2.24, 2.45) is 0 Å². The molecule has 0 aromatic carbocycles. The lowest BCUT2D eigenvalue weighted by atomic mass is 10.2. The van der Waals surface area contributed by atoms with Crippen molar-refractivity contribution in [3.05, 3.63) is 0 Å². The Morgan fingerprint density at radius 3 is 2.50 bits per heavy atom. The smallest absolute Gasteiger partial charge is 0.316 e. The lowest BCUT2D eigenvalue weighted by Crippen LogP contribution is -2.31. The Kier molecular flexibility index (Phi) is 1.47. The van der Waals surface area contributed by atoms with Crippen LogP contribution >= 0.6 is 11.8 Å². The van der Waals surface area contributed by atoms with Crippen molar-refractivity contribution in [1.29, 1.82) is 0 Å². The fourth-order valence-corrected chi connectivity index (χ4v) is 1.75. The van der Waals surface area contributed by atoms with E-state index in [0.29, 0.717) is 5.25 Å². The third-order valence-corrected chi connectivity index (χ3v) is 2.60. The van der Waals surface area contributed by atoms with Crippen molar-refractivity contribution < 1.29 is 9.90 Å². The van der Waals surface area contributed by atoms with Gasteiger partial charge in [0.25, 0.3) is 0 Å². The van der Waals surface area contributed by atoms with Crippen LogP contribution in [0.15, 0.2) is 0 Å². The van der Waals surface area contributed by atoms with Crippen LogP contribution in [-0.4, -0.2) is 21.6 Å². The Morgan fingerprint density at radius 2 is 2.38 bits per heavy atom. The van der Waals surface area contributed by atoms with Crippen molar-refractivity contribution in [2.45, 2.75) is 23.8 Å². The number of carbonyl (C=O) groups is 1. The van der Waals surface area contributed by atoms with E-state index < -0.39 is 5.97 Å². The van der Waals surface area contributed by atoms with Gasteiger partial charge in [-0.1, -0.05) is 6.92 Å². The van der Waals surface area contributed by atoms with Crippen LogP contribution in [0.25, 0.3) is 0 Å². The zero-order valence-corrected chi connectivity index (χ0v) is 5.44. The molecule has 1 aliphatic rings. The van der Waals surface area contributed by atoms with E-state index in [1.165, 1.54) is 11.8 Å². The van der Waals surface area contributed by atoms with E-state index in [-0.39, 0.29) is 5.25 Å². The largest absolute Gasteiger partial charge is 0.480 e. The average molecular weight is 132 g/mol. The predicted molar refractivity (Wildman–Crippen MR) is 33.1 cm³/mol. The summed E-state index contributed by atoms with van der Waals surface area (Å²) < 4.78 is 0. The van der Waals surface area contributed by atoms with Crippen molar-refractivity contribution in [3.63, 3.8) is 0 Å². The molecule has 0 saturated carbocycles. The summed E-state index contributed by atoms with van der Waals surface area (Å²) in [6, 6.07) is 0. The van der Waals surface area contributed by atoms with E-state index in [4.69, 9.17) is 5.11 Å². The molecule has 1 rings (SSSR count). The molecule has 2 atom stereocenters. The first-order valence-corrected chi connectivity index (χ1v) is 3.52. The molecule has 1 N–H and O–H groups in total. The minimum absolute atomic E-state index is 0.106. The van der Waals surface area contributed by atoms with E-state index in [2.05, 4.69) is 0 Å². The van der Waals surface area contributed by atoms with Gasteiger partial charge in [-0.05, 0) is 6.42 Å². The molecule has 0 radical (unpaired) electrons. The van der Waals surface area contributed by atoms with Crippen LogP contribution in [0.5, 0.6) is 0 Å². The van der Waals surface area contributed by atoms with Crippen LogP contribution in [-0.2, 0) is 4.79 Å². The van der Waals surface area contributed by atoms with Crippen molar-refractivity contribution in [1.82, 2.24) is 0 Å². The number of rotatable bonds is 1. The van der Waals surface area contributed by atoms with Crippen LogP contribution in [0, 0.1) is 0 Å². The van der Waals surface area contributed by atoms with Gasteiger partial charge in [0.1, 0.15) is 5.25 Å². The third kappa shape index (κ3) is 0.968. The Morgan fingerprint density at radius 1 is 1.88 bits per heavy atom. The molecule has 0 spiro atoms. The van der Waals surface area contributed by atoms with Crippen LogP contribution < -0.4 is 0 Å². The Balaban J connectivity index is 2.25. The van der Waals surface area contributed by atoms with Gasteiger partial charge in [0.05, 0.1) is 0 Å². The Labute approximate surface area is 52.3 Å². The number of aliphatic carboxylic acids is 1. The zero-order valence-electron chi connectivity index (χ0n) is 4.63. The van der Waals surface area contributed by atoms with Gasteiger partial charge >= 0.3 is 5.97 Å². The molecule has 1 fully saturated rings. The van der Waals surface area contributed by atoms with Crippen LogP contribution in [0.4, 0.5) is 0 Å². The van der Waals surface area contributed by atoms with Gasteiger partial charge in [-0.3, -0.25) is 4.79 Å².